The van der Waals surface area contributed by atoms with Crippen LogP contribution in [0.2, 0.25) is 0 Å². The Hall–Kier alpha value is -1.44. The lowest BCUT2D eigenvalue weighted by Crippen LogP contribution is -2.35. The second-order valence-corrected chi connectivity index (χ2v) is 10.3. The summed E-state index contributed by atoms with van der Waals surface area (Å²) in [5, 5.41) is 0. The van der Waals surface area contributed by atoms with Gasteiger partial charge < -0.3 is 9.80 Å². The van der Waals surface area contributed by atoms with E-state index < -0.39 is 10.0 Å². The molecule has 2 saturated heterocycles. The maximum absolute atomic E-state index is 12.8. The molecule has 7 heteroatoms. The van der Waals surface area contributed by atoms with Crippen LogP contribution in [0.15, 0.2) is 29.2 Å². The van der Waals surface area contributed by atoms with Crippen LogP contribution in [0, 0.1) is 0 Å². The molecule has 0 atom stereocenters. The van der Waals surface area contributed by atoms with Gasteiger partial charge in [0.05, 0.1) is 4.90 Å². The molecule has 2 aliphatic rings. The second-order valence-electron chi connectivity index (χ2n) is 8.33. The standard InChI is InChI=1S/C22H35N3O3S/c1-23(18-19-24-14-6-7-15-24)22(26)13-10-20-8-11-21(12-9-20)29(27,28)25-16-4-2-3-5-17-25/h8-9,11-12H,2-7,10,13-19H2,1H3. The lowest BCUT2D eigenvalue weighted by atomic mass is 10.1. The Morgan fingerprint density at radius 1 is 0.931 bits per heavy atom. The summed E-state index contributed by atoms with van der Waals surface area (Å²) in [6.45, 7) is 5.24. The molecule has 0 bridgehead atoms. The monoisotopic (exact) mass is 421 g/mol. The molecule has 29 heavy (non-hydrogen) atoms. The van der Waals surface area contributed by atoms with Crippen molar-refractivity contribution in [3.63, 3.8) is 0 Å². The zero-order chi connectivity index (χ0) is 20.7. The van der Waals surface area contributed by atoms with E-state index in [1.54, 1.807) is 16.4 Å². The summed E-state index contributed by atoms with van der Waals surface area (Å²) < 4.78 is 27.3. The molecule has 0 aromatic heterocycles. The molecule has 0 N–H and O–H groups in total. The molecule has 0 saturated carbocycles. The summed E-state index contributed by atoms with van der Waals surface area (Å²) in [4.78, 5) is 17.0. The maximum Gasteiger partial charge on any atom is 0.243 e. The zero-order valence-corrected chi connectivity index (χ0v) is 18.5. The number of nitrogens with zero attached hydrogens (tertiary/aromatic N) is 3. The average molecular weight is 422 g/mol. The Labute approximate surface area is 175 Å². The minimum atomic E-state index is -3.41. The highest BCUT2D eigenvalue weighted by atomic mass is 32.2. The van der Waals surface area contributed by atoms with Crippen LogP contribution in [-0.4, -0.2) is 74.7 Å². The van der Waals surface area contributed by atoms with Crippen molar-refractivity contribution in [1.29, 1.82) is 0 Å². The number of hydrogen-bond donors (Lipinski definition) is 0. The van der Waals surface area contributed by atoms with Gasteiger partial charge in [-0.05, 0) is 62.9 Å². The maximum atomic E-state index is 12.8. The SMILES string of the molecule is CN(CCN1CCCC1)C(=O)CCc1ccc(S(=O)(=O)N2CCCCCC2)cc1. The smallest absolute Gasteiger partial charge is 0.243 e. The molecule has 0 unspecified atom stereocenters. The van der Waals surface area contributed by atoms with Gasteiger partial charge in [0.2, 0.25) is 15.9 Å². The van der Waals surface area contributed by atoms with E-state index in [-0.39, 0.29) is 5.91 Å². The first-order valence-electron chi connectivity index (χ1n) is 11.0. The van der Waals surface area contributed by atoms with E-state index in [4.69, 9.17) is 0 Å². The lowest BCUT2D eigenvalue weighted by molar-refractivity contribution is -0.130. The van der Waals surface area contributed by atoms with E-state index in [0.29, 0.717) is 30.8 Å². The van der Waals surface area contributed by atoms with E-state index in [1.165, 1.54) is 12.8 Å². The predicted octanol–water partition coefficient (Wildman–Crippen LogP) is 2.74. The van der Waals surface area contributed by atoms with E-state index in [1.807, 2.05) is 24.1 Å². The fraction of sp³-hybridized carbons (Fsp3) is 0.682. The first-order chi connectivity index (χ1) is 14.0. The predicted molar refractivity (Wildman–Crippen MR) is 115 cm³/mol. The number of sulfonamides is 1. The highest BCUT2D eigenvalue weighted by molar-refractivity contribution is 7.89. The molecule has 162 valence electrons. The van der Waals surface area contributed by atoms with Crippen molar-refractivity contribution in [2.75, 3.05) is 46.3 Å². The number of likely N-dealkylation sites (tertiary alicyclic amines) is 1. The highest BCUT2D eigenvalue weighted by Crippen LogP contribution is 2.21. The summed E-state index contributed by atoms with van der Waals surface area (Å²) in [6.07, 6.45) is 7.69. The molecule has 6 nitrogen and oxygen atoms in total. The lowest BCUT2D eigenvalue weighted by Gasteiger charge is -2.21. The van der Waals surface area contributed by atoms with Gasteiger partial charge in [0.25, 0.3) is 0 Å². The van der Waals surface area contributed by atoms with Crippen LogP contribution in [0.3, 0.4) is 0 Å². The van der Waals surface area contributed by atoms with Crippen molar-refractivity contribution in [3.8, 4) is 0 Å². The van der Waals surface area contributed by atoms with E-state index in [0.717, 1.165) is 57.4 Å². The Morgan fingerprint density at radius 2 is 1.52 bits per heavy atom. The average Bonchev–Trinajstić information content (AvgIpc) is 3.09. The third kappa shape index (κ3) is 6.27. The minimum Gasteiger partial charge on any atom is -0.344 e. The largest absolute Gasteiger partial charge is 0.344 e. The van der Waals surface area contributed by atoms with Crippen LogP contribution in [0.1, 0.15) is 50.5 Å². The Kier molecular flexibility index (Phi) is 8.09. The van der Waals surface area contributed by atoms with Crippen molar-refractivity contribution >= 4 is 15.9 Å². The number of likely N-dealkylation sites (N-methyl/N-ethyl adjacent to an activating group) is 1. The van der Waals surface area contributed by atoms with E-state index >= 15 is 0 Å². The normalized spacial score (nSPS) is 19.2. The summed E-state index contributed by atoms with van der Waals surface area (Å²) in [5.74, 6) is 0.144. The molecule has 1 aromatic carbocycles. The quantitative estimate of drug-likeness (QED) is 0.648. The molecule has 2 heterocycles. The number of hydrogen-bond acceptors (Lipinski definition) is 4. The van der Waals surface area contributed by atoms with Crippen LogP contribution >= 0.6 is 0 Å². The fourth-order valence-electron chi connectivity index (χ4n) is 4.12. The molecule has 1 aromatic rings. The molecule has 3 rings (SSSR count). The molecule has 2 fully saturated rings. The van der Waals surface area contributed by atoms with Crippen LogP contribution in [0.5, 0.6) is 0 Å². The van der Waals surface area contributed by atoms with Crippen molar-refractivity contribution < 1.29 is 13.2 Å². The van der Waals surface area contributed by atoms with E-state index in [2.05, 4.69) is 4.90 Å². The highest BCUT2D eigenvalue weighted by Gasteiger charge is 2.25. The molecule has 2 aliphatic heterocycles. The topological polar surface area (TPSA) is 60.9 Å². The molecule has 1 amide bonds. The van der Waals surface area contributed by atoms with Crippen LogP contribution in [-0.2, 0) is 21.2 Å². The Morgan fingerprint density at radius 3 is 2.14 bits per heavy atom. The number of carbonyl (C=O) groups excluding carboxylic acids is 1. The molecule has 0 spiro atoms. The summed E-state index contributed by atoms with van der Waals surface area (Å²) in [6, 6.07) is 7.08. The number of aryl methyl sites for hydroxylation is 1. The minimum absolute atomic E-state index is 0.144. The van der Waals surface area contributed by atoms with Crippen LogP contribution in [0.25, 0.3) is 0 Å². The Balaban J connectivity index is 1.48. The van der Waals surface area contributed by atoms with Gasteiger partial charge in [-0.25, -0.2) is 8.42 Å². The van der Waals surface area contributed by atoms with Crippen molar-refractivity contribution in [2.24, 2.45) is 0 Å². The fourth-order valence-corrected chi connectivity index (χ4v) is 5.64. The first kappa shape index (κ1) is 22.2. The molecular formula is C22H35N3O3S. The number of amides is 1. The Bertz CT molecular complexity index is 750. The number of benzene rings is 1. The molecule has 0 aliphatic carbocycles. The third-order valence-electron chi connectivity index (χ3n) is 6.13. The van der Waals surface area contributed by atoms with Gasteiger partial charge in [-0.1, -0.05) is 25.0 Å². The van der Waals surface area contributed by atoms with Gasteiger partial charge in [0.15, 0.2) is 0 Å². The van der Waals surface area contributed by atoms with Gasteiger partial charge in [-0.3, -0.25) is 4.79 Å². The van der Waals surface area contributed by atoms with Gasteiger partial charge in [-0.2, -0.15) is 4.31 Å². The molecular weight excluding hydrogens is 386 g/mol. The number of rotatable bonds is 8. The van der Waals surface area contributed by atoms with Gasteiger partial charge in [0, 0.05) is 39.6 Å². The summed E-state index contributed by atoms with van der Waals surface area (Å²) in [7, 11) is -1.54. The molecule has 0 radical (unpaired) electrons. The third-order valence-corrected chi connectivity index (χ3v) is 8.04. The number of carbonyl (C=O) groups is 1. The van der Waals surface area contributed by atoms with Gasteiger partial charge >= 0.3 is 0 Å². The van der Waals surface area contributed by atoms with Crippen molar-refractivity contribution in [3.05, 3.63) is 29.8 Å². The van der Waals surface area contributed by atoms with Crippen LogP contribution < -0.4 is 0 Å². The van der Waals surface area contributed by atoms with Gasteiger partial charge in [-0.15, -0.1) is 0 Å². The van der Waals surface area contributed by atoms with Crippen molar-refractivity contribution in [1.82, 2.24) is 14.1 Å². The first-order valence-corrected chi connectivity index (χ1v) is 12.5. The van der Waals surface area contributed by atoms with Gasteiger partial charge in [0.1, 0.15) is 0 Å². The van der Waals surface area contributed by atoms with E-state index in [9.17, 15) is 13.2 Å². The summed E-state index contributed by atoms with van der Waals surface area (Å²) in [5.41, 5.74) is 1.00. The summed E-state index contributed by atoms with van der Waals surface area (Å²) >= 11 is 0. The second kappa shape index (κ2) is 10.5. The zero-order valence-electron chi connectivity index (χ0n) is 17.7. The van der Waals surface area contributed by atoms with Crippen LogP contribution in [0.4, 0.5) is 0 Å². The van der Waals surface area contributed by atoms with Crippen molar-refractivity contribution in [2.45, 2.75) is 56.3 Å².